The van der Waals surface area contributed by atoms with Crippen molar-refractivity contribution in [2.45, 2.75) is 13.0 Å². The predicted molar refractivity (Wildman–Crippen MR) is 112 cm³/mol. The first-order valence-electron chi connectivity index (χ1n) is 10.00. The zero-order chi connectivity index (χ0) is 19.8. The summed E-state index contributed by atoms with van der Waals surface area (Å²) < 4.78 is 5.39. The molecular weight excluding hydrogens is 350 g/mol. The van der Waals surface area contributed by atoms with Gasteiger partial charge in [-0.1, -0.05) is 48.5 Å². The first-order valence-corrected chi connectivity index (χ1v) is 10.00. The van der Waals surface area contributed by atoms with Gasteiger partial charge in [0.05, 0.1) is 13.7 Å². The number of piperazine rings is 1. The number of ether oxygens (including phenoxy) is 1. The average molecular weight is 382 g/mol. The molecule has 0 aromatic heterocycles. The Kier molecular flexibility index (Phi) is 7.46. The number of para-hydroxylation sites is 1. The maximum atomic E-state index is 12.6. The van der Waals surface area contributed by atoms with Crippen molar-refractivity contribution in [3.63, 3.8) is 0 Å². The van der Waals surface area contributed by atoms with Crippen molar-refractivity contribution in [2.75, 3.05) is 53.4 Å². The maximum Gasteiger partial charge on any atom is 0.236 e. The van der Waals surface area contributed by atoms with E-state index in [0.717, 1.165) is 50.5 Å². The van der Waals surface area contributed by atoms with Crippen LogP contribution in [0.4, 0.5) is 0 Å². The van der Waals surface area contributed by atoms with Crippen molar-refractivity contribution < 1.29 is 9.53 Å². The van der Waals surface area contributed by atoms with Gasteiger partial charge in [0.1, 0.15) is 5.75 Å². The van der Waals surface area contributed by atoms with E-state index in [-0.39, 0.29) is 5.91 Å². The molecule has 0 spiro atoms. The first kappa shape index (κ1) is 20.4. The SMILES string of the molecule is COc1ccccc1CN(C)C(=O)CN1CCN(CCc2ccccc2)CC1. The third kappa shape index (κ3) is 5.81. The topological polar surface area (TPSA) is 36.0 Å². The summed E-state index contributed by atoms with van der Waals surface area (Å²) in [5.74, 6) is 0.984. The number of hydrogen-bond donors (Lipinski definition) is 0. The fourth-order valence-electron chi connectivity index (χ4n) is 3.59. The molecule has 0 bridgehead atoms. The normalized spacial score (nSPS) is 15.4. The smallest absolute Gasteiger partial charge is 0.236 e. The van der Waals surface area contributed by atoms with E-state index in [1.807, 2.05) is 31.3 Å². The standard InChI is InChI=1S/C23H31N3O2/c1-24(18-21-10-6-7-11-22(21)28-2)23(27)19-26-16-14-25(15-17-26)13-12-20-8-4-3-5-9-20/h3-11H,12-19H2,1-2H3. The number of carbonyl (C=O) groups excluding carboxylic acids is 1. The third-order valence-electron chi connectivity index (χ3n) is 5.41. The van der Waals surface area contributed by atoms with Gasteiger partial charge in [0.25, 0.3) is 0 Å². The molecule has 1 fully saturated rings. The zero-order valence-corrected chi connectivity index (χ0v) is 17.0. The van der Waals surface area contributed by atoms with E-state index in [9.17, 15) is 4.79 Å². The second-order valence-electron chi connectivity index (χ2n) is 7.42. The van der Waals surface area contributed by atoms with Gasteiger partial charge in [-0.05, 0) is 18.1 Å². The lowest BCUT2D eigenvalue weighted by Crippen LogP contribution is -2.49. The summed E-state index contributed by atoms with van der Waals surface area (Å²) in [7, 11) is 3.53. The van der Waals surface area contributed by atoms with E-state index < -0.39 is 0 Å². The molecule has 2 aromatic rings. The molecule has 2 aromatic carbocycles. The van der Waals surface area contributed by atoms with E-state index in [1.54, 1.807) is 12.0 Å². The quantitative estimate of drug-likeness (QED) is 0.704. The predicted octanol–water partition coefficient (Wildman–Crippen LogP) is 2.51. The van der Waals surface area contributed by atoms with Gasteiger partial charge in [-0.3, -0.25) is 9.69 Å². The van der Waals surface area contributed by atoms with Crippen molar-refractivity contribution in [3.8, 4) is 5.75 Å². The van der Waals surface area contributed by atoms with Crippen LogP contribution < -0.4 is 4.74 Å². The van der Waals surface area contributed by atoms with E-state index in [4.69, 9.17) is 4.74 Å². The van der Waals surface area contributed by atoms with Crippen LogP contribution in [0.1, 0.15) is 11.1 Å². The molecule has 5 heteroatoms. The van der Waals surface area contributed by atoms with Crippen molar-refractivity contribution in [2.24, 2.45) is 0 Å². The molecule has 5 nitrogen and oxygen atoms in total. The Balaban J connectivity index is 1.40. The fraction of sp³-hybridized carbons (Fsp3) is 0.435. The summed E-state index contributed by atoms with van der Waals surface area (Å²) in [6, 6.07) is 18.5. The second kappa shape index (κ2) is 10.2. The number of amides is 1. The molecular formula is C23H31N3O2. The Labute approximate surface area is 168 Å². The Morgan fingerprint density at radius 3 is 2.32 bits per heavy atom. The molecule has 0 radical (unpaired) electrons. The minimum Gasteiger partial charge on any atom is -0.496 e. The molecule has 0 N–H and O–H groups in total. The zero-order valence-electron chi connectivity index (χ0n) is 17.0. The highest BCUT2D eigenvalue weighted by atomic mass is 16.5. The molecule has 3 rings (SSSR count). The van der Waals surface area contributed by atoms with E-state index >= 15 is 0 Å². The Morgan fingerprint density at radius 2 is 1.61 bits per heavy atom. The lowest BCUT2D eigenvalue weighted by Gasteiger charge is -2.35. The molecule has 1 aliphatic heterocycles. The molecule has 150 valence electrons. The number of benzene rings is 2. The van der Waals surface area contributed by atoms with E-state index in [2.05, 4.69) is 40.1 Å². The van der Waals surface area contributed by atoms with Crippen molar-refractivity contribution in [1.82, 2.24) is 14.7 Å². The summed E-state index contributed by atoms with van der Waals surface area (Å²) in [5, 5.41) is 0. The van der Waals surface area contributed by atoms with Crippen molar-refractivity contribution in [3.05, 3.63) is 65.7 Å². The van der Waals surface area contributed by atoms with Gasteiger partial charge < -0.3 is 14.5 Å². The molecule has 1 saturated heterocycles. The Bertz CT molecular complexity index is 743. The van der Waals surface area contributed by atoms with Gasteiger partial charge in [-0.25, -0.2) is 0 Å². The summed E-state index contributed by atoms with van der Waals surface area (Å²) in [5.41, 5.74) is 2.42. The summed E-state index contributed by atoms with van der Waals surface area (Å²) >= 11 is 0. The van der Waals surface area contributed by atoms with Gasteiger partial charge in [-0.2, -0.15) is 0 Å². The van der Waals surface area contributed by atoms with Gasteiger partial charge in [0.2, 0.25) is 5.91 Å². The minimum atomic E-state index is 0.156. The number of hydrogen-bond acceptors (Lipinski definition) is 4. The maximum absolute atomic E-state index is 12.6. The molecule has 28 heavy (non-hydrogen) atoms. The van der Waals surface area contributed by atoms with Crippen LogP contribution in [-0.2, 0) is 17.8 Å². The highest BCUT2D eigenvalue weighted by molar-refractivity contribution is 5.78. The van der Waals surface area contributed by atoms with Crippen LogP contribution >= 0.6 is 0 Å². The van der Waals surface area contributed by atoms with E-state index in [1.165, 1.54) is 5.56 Å². The van der Waals surface area contributed by atoms with Gasteiger partial charge in [0.15, 0.2) is 0 Å². The number of carbonyl (C=O) groups is 1. The van der Waals surface area contributed by atoms with E-state index in [0.29, 0.717) is 13.1 Å². The highest BCUT2D eigenvalue weighted by Gasteiger charge is 2.20. The molecule has 1 heterocycles. The van der Waals surface area contributed by atoms with Crippen LogP contribution in [0, 0.1) is 0 Å². The monoisotopic (exact) mass is 381 g/mol. The Morgan fingerprint density at radius 1 is 0.964 bits per heavy atom. The highest BCUT2D eigenvalue weighted by Crippen LogP contribution is 2.18. The van der Waals surface area contributed by atoms with Crippen LogP contribution in [0.5, 0.6) is 5.75 Å². The van der Waals surface area contributed by atoms with Gasteiger partial charge in [-0.15, -0.1) is 0 Å². The van der Waals surface area contributed by atoms with Crippen molar-refractivity contribution in [1.29, 1.82) is 0 Å². The molecule has 0 aliphatic carbocycles. The van der Waals surface area contributed by atoms with Crippen molar-refractivity contribution >= 4 is 5.91 Å². The van der Waals surface area contributed by atoms with Gasteiger partial charge in [0, 0.05) is 51.9 Å². The van der Waals surface area contributed by atoms with Crippen LogP contribution in [-0.4, -0.2) is 74.0 Å². The minimum absolute atomic E-state index is 0.156. The molecule has 0 atom stereocenters. The Hall–Kier alpha value is -2.37. The third-order valence-corrected chi connectivity index (χ3v) is 5.41. The number of nitrogens with zero attached hydrogens (tertiary/aromatic N) is 3. The average Bonchev–Trinajstić information content (AvgIpc) is 2.74. The number of rotatable bonds is 8. The van der Waals surface area contributed by atoms with Crippen LogP contribution in [0.15, 0.2) is 54.6 Å². The number of methoxy groups -OCH3 is 1. The molecule has 0 saturated carbocycles. The molecule has 1 amide bonds. The summed E-state index contributed by atoms with van der Waals surface area (Å²) in [6.07, 6.45) is 1.08. The first-order chi connectivity index (χ1) is 13.7. The summed E-state index contributed by atoms with van der Waals surface area (Å²) in [4.78, 5) is 19.2. The largest absolute Gasteiger partial charge is 0.496 e. The second-order valence-corrected chi connectivity index (χ2v) is 7.42. The number of likely N-dealkylation sites (N-methyl/N-ethyl adjacent to an activating group) is 1. The lowest BCUT2D eigenvalue weighted by molar-refractivity contribution is -0.132. The van der Waals surface area contributed by atoms with Gasteiger partial charge >= 0.3 is 0 Å². The molecule has 0 unspecified atom stereocenters. The fourth-order valence-corrected chi connectivity index (χ4v) is 3.59. The molecule has 1 aliphatic rings. The lowest BCUT2D eigenvalue weighted by atomic mass is 10.1. The van der Waals surface area contributed by atoms with Crippen LogP contribution in [0.2, 0.25) is 0 Å². The summed E-state index contributed by atoms with van der Waals surface area (Å²) in [6.45, 7) is 6.08. The van der Waals surface area contributed by atoms with Crippen LogP contribution in [0.25, 0.3) is 0 Å². The van der Waals surface area contributed by atoms with Crippen LogP contribution in [0.3, 0.4) is 0 Å².